The molecule has 3 atom stereocenters. The van der Waals surface area contributed by atoms with E-state index in [1.807, 2.05) is 34.6 Å². The number of aliphatic carboxylic acids is 2. The molecule has 0 bridgehead atoms. The van der Waals surface area contributed by atoms with E-state index in [0.717, 1.165) is 0 Å². The van der Waals surface area contributed by atoms with Gasteiger partial charge in [-0.2, -0.15) is 0 Å². The zero-order valence-electron chi connectivity index (χ0n) is 28.4. The van der Waals surface area contributed by atoms with Crippen LogP contribution in [0.5, 0.6) is 5.75 Å². The van der Waals surface area contributed by atoms with Crippen molar-refractivity contribution in [3.05, 3.63) is 66.2 Å². The molecule has 0 aliphatic carbocycles. The summed E-state index contributed by atoms with van der Waals surface area (Å²) in [6.45, 7) is 9.26. The Hall–Kier alpha value is -5.40. The average Bonchev–Trinajstić information content (AvgIpc) is 2.98. The second-order valence-corrected chi connectivity index (χ2v) is 13.3. The standard InChI is InChI=1S/C35H47N5O9/c1-21(2)18-28(31(44)40-27(33(47)48)9-7-6-8-26(32(45)46)38-30(43)20-35(3,4)5)39-29(42)19-22-10-12-23(13-11-22)36-34(49)37-24-14-16-25(41)17-15-24/h6-7,10-17,21,26-28,41H,8-9,18-20H2,1-5H3,(H,38,43)(H,39,42)(H,40,44)(H,45,46)(H,47,48)(H2,36,37,49). The van der Waals surface area contributed by atoms with Crippen molar-refractivity contribution in [2.24, 2.45) is 11.3 Å². The van der Waals surface area contributed by atoms with Crippen LogP contribution in [0.4, 0.5) is 16.2 Å². The number of carboxylic acid groups (broad SMARTS) is 2. The number of hydrogen-bond donors (Lipinski definition) is 8. The molecule has 0 saturated carbocycles. The molecule has 2 aromatic rings. The number of carboxylic acids is 2. The van der Waals surface area contributed by atoms with Gasteiger partial charge >= 0.3 is 18.0 Å². The lowest BCUT2D eigenvalue weighted by Crippen LogP contribution is -2.52. The lowest BCUT2D eigenvalue weighted by molar-refractivity contribution is -0.142. The molecule has 2 aromatic carbocycles. The zero-order valence-corrected chi connectivity index (χ0v) is 28.4. The Morgan fingerprint density at radius 1 is 0.694 bits per heavy atom. The summed E-state index contributed by atoms with van der Waals surface area (Å²) in [6, 6.07) is 8.41. The van der Waals surface area contributed by atoms with Gasteiger partial charge in [0.25, 0.3) is 0 Å². The van der Waals surface area contributed by atoms with Gasteiger partial charge in [0.1, 0.15) is 23.9 Å². The fourth-order valence-corrected chi connectivity index (χ4v) is 4.58. The van der Waals surface area contributed by atoms with Crippen molar-refractivity contribution in [2.75, 3.05) is 10.6 Å². The predicted octanol–water partition coefficient (Wildman–Crippen LogP) is 4.02. The minimum Gasteiger partial charge on any atom is -0.508 e. The molecule has 0 saturated heterocycles. The van der Waals surface area contributed by atoms with Crippen molar-refractivity contribution < 1.29 is 44.1 Å². The Bertz CT molecular complexity index is 1480. The first-order chi connectivity index (χ1) is 22.9. The Kier molecular flexibility index (Phi) is 15.3. The largest absolute Gasteiger partial charge is 0.508 e. The fourth-order valence-electron chi connectivity index (χ4n) is 4.58. The van der Waals surface area contributed by atoms with Gasteiger partial charge in [0.2, 0.25) is 17.7 Å². The summed E-state index contributed by atoms with van der Waals surface area (Å²) in [5.74, 6) is -4.05. The number of carbonyl (C=O) groups excluding carboxylic acids is 4. The van der Waals surface area contributed by atoms with Crippen LogP contribution in [-0.4, -0.2) is 69.1 Å². The van der Waals surface area contributed by atoms with E-state index in [1.54, 1.807) is 36.4 Å². The highest BCUT2D eigenvalue weighted by Crippen LogP contribution is 2.18. The summed E-state index contributed by atoms with van der Waals surface area (Å²) in [5.41, 5.74) is 1.23. The Balaban J connectivity index is 1.95. The van der Waals surface area contributed by atoms with Crippen molar-refractivity contribution in [2.45, 2.75) is 84.8 Å². The molecule has 0 spiro atoms. The third-order valence-electron chi connectivity index (χ3n) is 6.91. The Labute approximate surface area is 285 Å². The van der Waals surface area contributed by atoms with Crippen LogP contribution in [0, 0.1) is 11.3 Å². The highest BCUT2D eigenvalue weighted by molar-refractivity contribution is 5.99. The number of phenolic OH excluding ortho intramolecular Hbond substituents is 1. The Morgan fingerprint density at radius 3 is 1.63 bits per heavy atom. The maximum Gasteiger partial charge on any atom is 0.326 e. The number of nitrogens with one attached hydrogen (secondary N) is 5. The highest BCUT2D eigenvalue weighted by atomic mass is 16.4. The predicted molar refractivity (Wildman–Crippen MR) is 184 cm³/mol. The van der Waals surface area contributed by atoms with Crippen molar-refractivity contribution in [1.29, 1.82) is 0 Å². The number of amides is 5. The molecule has 49 heavy (non-hydrogen) atoms. The Morgan fingerprint density at radius 2 is 1.16 bits per heavy atom. The molecule has 0 aromatic heterocycles. The summed E-state index contributed by atoms with van der Waals surface area (Å²) < 4.78 is 0. The van der Waals surface area contributed by atoms with Crippen LogP contribution < -0.4 is 26.6 Å². The smallest absolute Gasteiger partial charge is 0.326 e. The van der Waals surface area contributed by atoms with Gasteiger partial charge in [-0.3, -0.25) is 14.4 Å². The van der Waals surface area contributed by atoms with Crippen molar-refractivity contribution >= 4 is 47.1 Å². The third-order valence-corrected chi connectivity index (χ3v) is 6.91. The van der Waals surface area contributed by atoms with Gasteiger partial charge in [0.15, 0.2) is 0 Å². The monoisotopic (exact) mass is 681 g/mol. The van der Waals surface area contributed by atoms with Crippen molar-refractivity contribution in [3.63, 3.8) is 0 Å². The van der Waals surface area contributed by atoms with Gasteiger partial charge < -0.3 is 41.9 Å². The molecule has 14 nitrogen and oxygen atoms in total. The van der Waals surface area contributed by atoms with Crippen LogP contribution in [0.3, 0.4) is 0 Å². The zero-order chi connectivity index (χ0) is 36.7. The molecule has 5 amide bonds. The van der Waals surface area contributed by atoms with Gasteiger partial charge in [-0.15, -0.1) is 0 Å². The van der Waals surface area contributed by atoms with E-state index < -0.39 is 53.8 Å². The molecule has 2 rings (SSSR count). The first-order valence-corrected chi connectivity index (χ1v) is 15.9. The van der Waals surface area contributed by atoms with E-state index in [-0.39, 0.29) is 49.2 Å². The first kappa shape index (κ1) is 39.8. The summed E-state index contributed by atoms with van der Waals surface area (Å²) in [4.78, 5) is 74.0. The number of benzene rings is 2. The van der Waals surface area contributed by atoms with Gasteiger partial charge in [-0.05, 0) is 72.6 Å². The normalized spacial score (nSPS) is 13.2. The molecular formula is C35H47N5O9. The van der Waals surface area contributed by atoms with Crippen molar-refractivity contribution in [3.8, 4) is 5.75 Å². The quantitative estimate of drug-likeness (QED) is 0.0891. The first-order valence-electron chi connectivity index (χ1n) is 15.9. The molecule has 0 heterocycles. The average molecular weight is 682 g/mol. The van der Waals surface area contributed by atoms with Crippen LogP contribution in [0.2, 0.25) is 0 Å². The highest BCUT2D eigenvalue weighted by Gasteiger charge is 2.27. The second kappa shape index (κ2) is 18.8. The molecule has 8 N–H and O–H groups in total. The summed E-state index contributed by atoms with van der Waals surface area (Å²) >= 11 is 0. The number of carbonyl (C=O) groups is 6. The van der Waals surface area contributed by atoms with Crippen LogP contribution in [0.25, 0.3) is 0 Å². The minimum atomic E-state index is -1.35. The molecular weight excluding hydrogens is 634 g/mol. The maximum atomic E-state index is 13.1. The van der Waals surface area contributed by atoms with E-state index in [4.69, 9.17) is 0 Å². The summed E-state index contributed by atoms with van der Waals surface area (Å²) in [6.07, 6.45) is 2.93. The number of rotatable bonds is 17. The molecule has 0 aliphatic heterocycles. The number of anilines is 2. The van der Waals surface area contributed by atoms with Gasteiger partial charge in [-0.1, -0.05) is 58.9 Å². The van der Waals surface area contributed by atoms with E-state index >= 15 is 0 Å². The van der Waals surface area contributed by atoms with Crippen LogP contribution in [0.15, 0.2) is 60.7 Å². The van der Waals surface area contributed by atoms with Crippen LogP contribution in [-0.2, 0) is 30.4 Å². The van der Waals surface area contributed by atoms with Crippen LogP contribution >= 0.6 is 0 Å². The lowest BCUT2D eigenvalue weighted by atomic mass is 9.92. The molecule has 266 valence electrons. The minimum absolute atomic E-state index is 0.0150. The molecule has 0 aliphatic rings. The van der Waals surface area contributed by atoms with Gasteiger partial charge in [-0.25, -0.2) is 14.4 Å². The second-order valence-electron chi connectivity index (χ2n) is 13.3. The number of phenols is 1. The number of aromatic hydroxyl groups is 1. The molecule has 0 radical (unpaired) electrons. The van der Waals surface area contributed by atoms with Crippen molar-refractivity contribution in [1.82, 2.24) is 16.0 Å². The third kappa shape index (κ3) is 15.8. The lowest BCUT2D eigenvalue weighted by Gasteiger charge is -2.22. The number of urea groups is 1. The van der Waals surface area contributed by atoms with Gasteiger partial charge in [0, 0.05) is 17.8 Å². The van der Waals surface area contributed by atoms with E-state index in [9.17, 15) is 44.1 Å². The summed E-state index contributed by atoms with van der Waals surface area (Å²) in [7, 11) is 0. The van der Waals surface area contributed by atoms with E-state index in [0.29, 0.717) is 16.9 Å². The fraction of sp³-hybridized carbons (Fsp3) is 0.429. The van der Waals surface area contributed by atoms with Crippen LogP contribution in [0.1, 0.15) is 65.9 Å². The molecule has 14 heteroatoms. The number of hydrogen-bond acceptors (Lipinski definition) is 7. The topological polar surface area (TPSA) is 223 Å². The SMILES string of the molecule is CC(C)CC(NC(=O)Cc1ccc(NC(=O)Nc2ccc(O)cc2)cc1)C(=O)NC(CC=CCC(NC(=O)CC(C)(C)C)C(=O)O)C(=O)O. The van der Waals surface area contributed by atoms with Gasteiger partial charge in [0.05, 0.1) is 6.42 Å². The molecule has 3 unspecified atom stereocenters. The molecule has 0 fully saturated rings. The summed E-state index contributed by atoms with van der Waals surface area (Å²) in [5, 5.41) is 41.4. The van der Waals surface area contributed by atoms with E-state index in [1.165, 1.54) is 24.3 Å². The van der Waals surface area contributed by atoms with E-state index in [2.05, 4.69) is 26.6 Å². The maximum absolute atomic E-state index is 13.1.